The minimum absolute atomic E-state index is 0.124. The number of alkyl halides is 1. The monoisotopic (exact) mass is 226 g/mol. The molecule has 0 saturated carbocycles. The van der Waals surface area contributed by atoms with Gasteiger partial charge in [-0.05, 0) is 12.1 Å². The largest absolute Gasteiger partial charge is 0.378 e. The summed E-state index contributed by atoms with van der Waals surface area (Å²) in [5, 5.41) is 2.63. The van der Waals surface area contributed by atoms with Crippen LogP contribution in [0.3, 0.4) is 0 Å². The average Bonchev–Trinajstić information content (AvgIpc) is 2.66. The van der Waals surface area contributed by atoms with Crippen molar-refractivity contribution in [3.8, 4) is 0 Å². The minimum Gasteiger partial charge on any atom is -0.378 e. The van der Waals surface area contributed by atoms with E-state index in [2.05, 4.69) is 10.3 Å². The molecule has 0 spiro atoms. The van der Waals surface area contributed by atoms with E-state index in [4.69, 9.17) is 16.3 Å². The van der Waals surface area contributed by atoms with Crippen LogP contribution in [0.4, 0.5) is 0 Å². The van der Waals surface area contributed by atoms with E-state index in [1.54, 1.807) is 24.4 Å². The Labute approximate surface area is 92.6 Å². The Morgan fingerprint density at radius 2 is 2.40 bits per heavy atom. The highest BCUT2D eigenvalue weighted by Crippen LogP contribution is 2.12. The van der Waals surface area contributed by atoms with Crippen LogP contribution in [0.2, 0.25) is 0 Å². The zero-order valence-electron chi connectivity index (χ0n) is 8.02. The van der Waals surface area contributed by atoms with E-state index in [9.17, 15) is 4.79 Å². The summed E-state index contributed by atoms with van der Waals surface area (Å²) in [6, 6.07) is 5.07. The predicted octanol–water partition coefficient (Wildman–Crippen LogP) is 0.818. The Hall–Kier alpha value is -1.13. The first-order valence-electron chi connectivity index (χ1n) is 4.71. The van der Waals surface area contributed by atoms with E-state index in [1.165, 1.54) is 0 Å². The van der Waals surface area contributed by atoms with Gasteiger partial charge >= 0.3 is 0 Å². The van der Waals surface area contributed by atoms with Crippen molar-refractivity contribution in [3.63, 3.8) is 0 Å². The van der Waals surface area contributed by atoms with E-state index in [-0.39, 0.29) is 17.3 Å². The van der Waals surface area contributed by atoms with Crippen molar-refractivity contribution in [1.82, 2.24) is 10.3 Å². The summed E-state index contributed by atoms with van der Waals surface area (Å²) in [5.41, 5.74) is 0.397. The highest BCUT2D eigenvalue weighted by Gasteiger charge is 2.28. The number of halogens is 1. The second-order valence-corrected chi connectivity index (χ2v) is 3.91. The summed E-state index contributed by atoms with van der Waals surface area (Å²) >= 11 is 5.95. The number of aromatic nitrogens is 1. The average molecular weight is 227 g/mol. The van der Waals surface area contributed by atoms with Gasteiger partial charge in [0, 0.05) is 6.20 Å². The number of hydrogen-bond acceptors (Lipinski definition) is 3. The van der Waals surface area contributed by atoms with Gasteiger partial charge in [-0.1, -0.05) is 6.07 Å². The SMILES string of the molecule is O=C(NC1COCC1Cl)c1ccccn1. The van der Waals surface area contributed by atoms with Crippen LogP contribution in [-0.4, -0.2) is 35.5 Å². The van der Waals surface area contributed by atoms with Crippen LogP contribution in [-0.2, 0) is 4.74 Å². The Morgan fingerprint density at radius 3 is 3.00 bits per heavy atom. The molecule has 0 radical (unpaired) electrons. The predicted molar refractivity (Wildman–Crippen MR) is 56.0 cm³/mol. The van der Waals surface area contributed by atoms with Crippen LogP contribution < -0.4 is 5.32 Å². The Bertz CT molecular complexity index is 345. The number of pyridine rings is 1. The van der Waals surface area contributed by atoms with Crippen molar-refractivity contribution in [2.75, 3.05) is 13.2 Å². The van der Waals surface area contributed by atoms with Crippen LogP contribution in [0.15, 0.2) is 24.4 Å². The summed E-state index contributed by atoms with van der Waals surface area (Å²) in [5.74, 6) is -0.211. The smallest absolute Gasteiger partial charge is 0.270 e. The van der Waals surface area contributed by atoms with E-state index in [0.717, 1.165) is 0 Å². The van der Waals surface area contributed by atoms with Gasteiger partial charge in [-0.15, -0.1) is 11.6 Å². The standard InChI is InChI=1S/C10H11ClN2O2/c11-7-5-15-6-9(7)13-10(14)8-3-1-2-4-12-8/h1-4,7,9H,5-6H2,(H,13,14). The fraction of sp³-hybridized carbons (Fsp3) is 0.400. The number of carbonyl (C=O) groups excluding carboxylic acids is 1. The lowest BCUT2D eigenvalue weighted by Gasteiger charge is -2.13. The molecule has 1 amide bonds. The molecule has 15 heavy (non-hydrogen) atoms. The first-order chi connectivity index (χ1) is 7.27. The number of ether oxygens (including phenoxy) is 1. The zero-order chi connectivity index (χ0) is 10.7. The van der Waals surface area contributed by atoms with Gasteiger partial charge in [0.25, 0.3) is 5.91 Å². The fourth-order valence-corrected chi connectivity index (χ4v) is 1.62. The number of amides is 1. The molecule has 80 valence electrons. The van der Waals surface area contributed by atoms with Crippen molar-refractivity contribution >= 4 is 17.5 Å². The molecule has 1 fully saturated rings. The summed E-state index contributed by atoms with van der Waals surface area (Å²) in [7, 11) is 0. The lowest BCUT2D eigenvalue weighted by atomic mass is 10.2. The third-order valence-electron chi connectivity index (χ3n) is 2.23. The van der Waals surface area contributed by atoms with Crippen molar-refractivity contribution in [2.45, 2.75) is 11.4 Å². The van der Waals surface area contributed by atoms with Gasteiger partial charge in [0.05, 0.1) is 24.6 Å². The molecular weight excluding hydrogens is 216 g/mol. The molecule has 1 aromatic heterocycles. The van der Waals surface area contributed by atoms with Gasteiger partial charge < -0.3 is 10.1 Å². The molecule has 1 aliphatic rings. The first kappa shape index (κ1) is 10.4. The first-order valence-corrected chi connectivity index (χ1v) is 5.15. The summed E-state index contributed by atoms with van der Waals surface area (Å²) in [6.07, 6.45) is 1.58. The van der Waals surface area contributed by atoms with Crippen molar-refractivity contribution in [1.29, 1.82) is 0 Å². The van der Waals surface area contributed by atoms with E-state index < -0.39 is 0 Å². The molecule has 2 atom stereocenters. The normalized spacial score (nSPS) is 25.1. The van der Waals surface area contributed by atoms with Crippen LogP contribution in [0.25, 0.3) is 0 Å². The lowest BCUT2D eigenvalue weighted by molar-refractivity contribution is 0.0925. The Kier molecular flexibility index (Phi) is 3.18. The van der Waals surface area contributed by atoms with Gasteiger partial charge in [0.2, 0.25) is 0 Å². The summed E-state index contributed by atoms with van der Waals surface area (Å²) in [4.78, 5) is 15.6. The van der Waals surface area contributed by atoms with Crippen molar-refractivity contribution in [2.24, 2.45) is 0 Å². The highest BCUT2D eigenvalue weighted by molar-refractivity contribution is 6.21. The Morgan fingerprint density at radius 1 is 1.53 bits per heavy atom. The van der Waals surface area contributed by atoms with Crippen LogP contribution >= 0.6 is 11.6 Å². The molecule has 0 bridgehead atoms. The van der Waals surface area contributed by atoms with Gasteiger partial charge in [-0.25, -0.2) is 0 Å². The van der Waals surface area contributed by atoms with Crippen LogP contribution in [0, 0.1) is 0 Å². The Balaban J connectivity index is 1.98. The van der Waals surface area contributed by atoms with Gasteiger partial charge in [0.1, 0.15) is 5.69 Å². The number of nitrogens with one attached hydrogen (secondary N) is 1. The quantitative estimate of drug-likeness (QED) is 0.760. The molecule has 4 nitrogen and oxygen atoms in total. The molecule has 1 saturated heterocycles. The second kappa shape index (κ2) is 4.59. The maximum atomic E-state index is 11.7. The van der Waals surface area contributed by atoms with Gasteiger partial charge in [-0.3, -0.25) is 9.78 Å². The maximum Gasteiger partial charge on any atom is 0.270 e. The van der Waals surface area contributed by atoms with E-state index in [1.807, 2.05) is 0 Å². The van der Waals surface area contributed by atoms with Gasteiger partial charge in [0.15, 0.2) is 0 Å². The number of carbonyl (C=O) groups is 1. The van der Waals surface area contributed by atoms with Crippen molar-refractivity contribution < 1.29 is 9.53 Å². The highest BCUT2D eigenvalue weighted by atomic mass is 35.5. The molecule has 1 N–H and O–H groups in total. The van der Waals surface area contributed by atoms with E-state index >= 15 is 0 Å². The number of nitrogens with zero attached hydrogens (tertiary/aromatic N) is 1. The molecule has 0 aliphatic carbocycles. The van der Waals surface area contributed by atoms with Crippen LogP contribution in [0.1, 0.15) is 10.5 Å². The minimum atomic E-state index is -0.211. The zero-order valence-corrected chi connectivity index (χ0v) is 8.78. The van der Waals surface area contributed by atoms with E-state index in [0.29, 0.717) is 18.9 Å². The molecule has 0 aromatic carbocycles. The number of hydrogen-bond donors (Lipinski definition) is 1. The van der Waals surface area contributed by atoms with Crippen LogP contribution in [0.5, 0.6) is 0 Å². The molecular formula is C10H11ClN2O2. The third kappa shape index (κ3) is 2.46. The molecule has 2 rings (SSSR count). The summed E-state index contributed by atoms with van der Waals surface area (Å²) in [6.45, 7) is 0.946. The van der Waals surface area contributed by atoms with Gasteiger partial charge in [-0.2, -0.15) is 0 Å². The topological polar surface area (TPSA) is 51.2 Å². The molecule has 2 heterocycles. The number of rotatable bonds is 2. The third-order valence-corrected chi connectivity index (χ3v) is 2.66. The lowest BCUT2D eigenvalue weighted by Crippen LogP contribution is -2.40. The second-order valence-electron chi connectivity index (χ2n) is 3.35. The molecule has 2 unspecified atom stereocenters. The molecule has 1 aromatic rings. The fourth-order valence-electron chi connectivity index (χ4n) is 1.40. The molecule has 5 heteroatoms. The maximum absolute atomic E-state index is 11.7. The van der Waals surface area contributed by atoms with Crippen molar-refractivity contribution in [3.05, 3.63) is 30.1 Å². The molecule has 1 aliphatic heterocycles. The summed E-state index contributed by atoms with van der Waals surface area (Å²) < 4.78 is 5.14.